The second-order valence-corrected chi connectivity index (χ2v) is 3.71. The SMILES string of the molecule is Cc1cncc(N(C)C2CCC2)n1. The zero-order valence-corrected chi connectivity index (χ0v) is 8.20. The Labute approximate surface area is 78.8 Å². The van der Waals surface area contributed by atoms with Crippen molar-refractivity contribution in [2.75, 3.05) is 11.9 Å². The van der Waals surface area contributed by atoms with E-state index in [2.05, 4.69) is 21.9 Å². The maximum atomic E-state index is 4.44. The van der Waals surface area contributed by atoms with Crippen LogP contribution < -0.4 is 4.90 Å². The number of aromatic nitrogens is 2. The van der Waals surface area contributed by atoms with Crippen LogP contribution in [-0.2, 0) is 0 Å². The lowest BCUT2D eigenvalue weighted by Crippen LogP contribution is -2.37. The van der Waals surface area contributed by atoms with Crippen LogP contribution in [0.1, 0.15) is 25.0 Å². The molecule has 0 atom stereocenters. The van der Waals surface area contributed by atoms with E-state index in [1.807, 2.05) is 13.1 Å². The van der Waals surface area contributed by atoms with E-state index in [1.165, 1.54) is 19.3 Å². The van der Waals surface area contributed by atoms with Crippen LogP contribution in [0.2, 0.25) is 0 Å². The maximum absolute atomic E-state index is 4.44. The summed E-state index contributed by atoms with van der Waals surface area (Å²) < 4.78 is 0. The molecule has 1 aromatic heterocycles. The van der Waals surface area contributed by atoms with Crippen molar-refractivity contribution in [1.29, 1.82) is 0 Å². The van der Waals surface area contributed by atoms with Gasteiger partial charge in [-0.3, -0.25) is 4.98 Å². The first-order chi connectivity index (χ1) is 6.27. The smallest absolute Gasteiger partial charge is 0.147 e. The molecule has 13 heavy (non-hydrogen) atoms. The van der Waals surface area contributed by atoms with E-state index >= 15 is 0 Å². The van der Waals surface area contributed by atoms with Gasteiger partial charge in [0.25, 0.3) is 0 Å². The second kappa shape index (κ2) is 3.32. The molecule has 0 N–H and O–H groups in total. The summed E-state index contributed by atoms with van der Waals surface area (Å²) in [6, 6.07) is 0.691. The summed E-state index contributed by atoms with van der Waals surface area (Å²) in [6.07, 6.45) is 7.58. The Bertz CT molecular complexity index is 294. The molecule has 0 amide bonds. The van der Waals surface area contributed by atoms with Gasteiger partial charge in [0.1, 0.15) is 5.82 Å². The number of nitrogens with zero attached hydrogens (tertiary/aromatic N) is 3. The summed E-state index contributed by atoms with van der Waals surface area (Å²) in [5.41, 5.74) is 0.990. The van der Waals surface area contributed by atoms with E-state index in [0.717, 1.165) is 11.5 Å². The predicted octanol–water partition coefficient (Wildman–Crippen LogP) is 1.77. The molecule has 70 valence electrons. The highest BCUT2D eigenvalue weighted by molar-refractivity contribution is 5.37. The molecule has 1 saturated carbocycles. The molecule has 1 heterocycles. The lowest BCUT2D eigenvalue weighted by Gasteiger charge is -2.35. The molecule has 1 aromatic rings. The quantitative estimate of drug-likeness (QED) is 0.689. The van der Waals surface area contributed by atoms with E-state index in [9.17, 15) is 0 Å². The first kappa shape index (κ1) is 8.48. The van der Waals surface area contributed by atoms with Crippen molar-refractivity contribution in [1.82, 2.24) is 9.97 Å². The summed E-state index contributed by atoms with van der Waals surface area (Å²) in [5.74, 6) is 1.00. The van der Waals surface area contributed by atoms with Crippen LogP contribution in [0.25, 0.3) is 0 Å². The van der Waals surface area contributed by atoms with Crippen LogP contribution in [0.3, 0.4) is 0 Å². The van der Waals surface area contributed by atoms with Crippen LogP contribution in [0.4, 0.5) is 5.82 Å². The zero-order chi connectivity index (χ0) is 9.26. The summed E-state index contributed by atoms with van der Waals surface area (Å²) >= 11 is 0. The fourth-order valence-corrected chi connectivity index (χ4v) is 1.58. The highest BCUT2D eigenvalue weighted by atomic mass is 15.2. The third-order valence-electron chi connectivity index (χ3n) is 2.73. The Morgan fingerprint density at radius 2 is 2.15 bits per heavy atom. The molecule has 3 heteroatoms. The van der Waals surface area contributed by atoms with Gasteiger partial charge in [0.05, 0.1) is 11.9 Å². The number of anilines is 1. The molecular weight excluding hydrogens is 162 g/mol. The van der Waals surface area contributed by atoms with Gasteiger partial charge in [-0.1, -0.05) is 0 Å². The van der Waals surface area contributed by atoms with Crippen molar-refractivity contribution in [3.63, 3.8) is 0 Å². The minimum absolute atomic E-state index is 0.691. The molecule has 0 saturated heterocycles. The summed E-state index contributed by atoms with van der Waals surface area (Å²) in [5, 5.41) is 0. The first-order valence-corrected chi connectivity index (χ1v) is 4.79. The number of aryl methyl sites for hydroxylation is 1. The fraction of sp³-hybridized carbons (Fsp3) is 0.600. The topological polar surface area (TPSA) is 29.0 Å². The first-order valence-electron chi connectivity index (χ1n) is 4.79. The molecule has 0 unspecified atom stereocenters. The molecular formula is C10H15N3. The standard InChI is InChI=1S/C10H15N3/c1-8-6-11-7-10(12-8)13(2)9-4-3-5-9/h6-7,9H,3-5H2,1-2H3. The Balaban J connectivity index is 2.14. The van der Waals surface area contributed by atoms with E-state index < -0.39 is 0 Å². The minimum Gasteiger partial charge on any atom is -0.355 e. The van der Waals surface area contributed by atoms with E-state index in [-0.39, 0.29) is 0 Å². The number of hydrogen-bond acceptors (Lipinski definition) is 3. The predicted molar refractivity (Wildman–Crippen MR) is 52.8 cm³/mol. The average molecular weight is 177 g/mol. The second-order valence-electron chi connectivity index (χ2n) is 3.71. The van der Waals surface area contributed by atoms with Crippen molar-refractivity contribution in [2.24, 2.45) is 0 Å². The maximum Gasteiger partial charge on any atom is 0.147 e. The van der Waals surface area contributed by atoms with Gasteiger partial charge in [-0.2, -0.15) is 0 Å². The van der Waals surface area contributed by atoms with Gasteiger partial charge in [0, 0.05) is 19.3 Å². The van der Waals surface area contributed by atoms with Crippen LogP contribution in [0.15, 0.2) is 12.4 Å². The minimum atomic E-state index is 0.691. The van der Waals surface area contributed by atoms with Crippen molar-refractivity contribution in [3.05, 3.63) is 18.1 Å². The molecule has 1 fully saturated rings. The summed E-state index contributed by atoms with van der Waals surface area (Å²) in [7, 11) is 2.10. The molecule has 0 bridgehead atoms. The molecule has 0 aromatic carbocycles. The van der Waals surface area contributed by atoms with Crippen LogP contribution in [-0.4, -0.2) is 23.1 Å². The number of hydrogen-bond donors (Lipinski definition) is 0. The molecule has 0 aliphatic heterocycles. The third-order valence-corrected chi connectivity index (χ3v) is 2.73. The van der Waals surface area contributed by atoms with Crippen molar-refractivity contribution in [2.45, 2.75) is 32.2 Å². The lowest BCUT2D eigenvalue weighted by molar-refractivity contribution is 0.399. The Kier molecular flexibility index (Phi) is 2.17. The van der Waals surface area contributed by atoms with Crippen LogP contribution in [0, 0.1) is 6.92 Å². The Morgan fingerprint density at radius 1 is 1.38 bits per heavy atom. The van der Waals surface area contributed by atoms with E-state index in [4.69, 9.17) is 0 Å². The highest BCUT2D eigenvalue weighted by Crippen LogP contribution is 2.26. The van der Waals surface area contributed by atoms with Crippen molar-refractivity contribution >= 4 is 5.82 Å². The largest absolute Gasteiger partial charge is 0.355 e. The zero-order valence-electron chi connectivity index (χ0n) is 8.20. The summed E-state index contributed by atoms with van der Waals surface area (Å²) in [4.78, 5) is 10.8. The normalized spacial score (nSPS) is 16.8. The highest BCUT2D eigenvalue weighted by Gasteiger charge is 2.22. The molecule has 1 aliphatic carbocycles. The fourth-order valence-electron chi connectivity index (χ4n) is 1.58. The molecule has 0 spiro atoms. The number of rotatable bonds is 2. The Hall–Kier alpha value is -1.12. The van der Waals surface area contributed by atoms with Gasteiger partial charge in [-0.05, 0) is 26.2 Å². The van der Waals surface area contributed by atoms with Gasteiger partial charge in [0.2, 0.25) is 0 Å². The molecule has 0 radical (unpaired) electrons. The Morgan fingerprint density at radius 3 is 2.69 bits per heavy atom. The lowest BCUT2D eigenvalue weighted by atomic mass is 9.92. The average Bonchev–Trinajstić information content (AvgIpc) is 2.01. The molecule has 3 nitrogen and oxygen atoms in total. The third kappa shape index (κ3) is 1.64. The summed E-state index contributed by atoms with van der Waals surface area (Å²) in [6.45, 7) is 1.98. The van der Waals surface area contributed by atoms with E-state index in [0.29, 0.717) is 6.04 Å². The van der Waals surface area contributed by atoms with Crippen LogP contribution >= 0.6 is 0 Å². The van der Waals surface area contributed by atoms with Crippen LogP contribution in [0.5, 0.6) is 0 Å². The monoisotopic (exact) mass is 177 g/mol. The van der Waals surface area contributed by atoms with E-state index in [1.54, 1.807) is 6.20 Å². The van der Waals surface area contributed by atoms with Gasteiger partial charge in [-0.25, -0.2) is 4.98 Å². The van der Waals surface area contributed by atoms with Crippen molar-refractivity contribution < 1.29 is 0 Å². The van der Waals surface area contributed by atoms with Gasteiger partial charge < -0.3 is 4.90 Å². The van der Waals surface area contributed by atoms with Gasteiger partial charge >= 0.3 is 0 Å². The molecule has 1 aliphatic rings. The molecule has 2 rings (SSSR count). The van der Waals surface area contributed by atoms with Crippen molar-refractivity contribution in [3.8, 4) is 0 Å². The van der Waals surface area contributed by atoms with Gasteiger partial charge in [0.15, 0.2) is 0 Å². The van der Waals surface area contributed by atoms with Gasteiger partial charge in [-0.15, -0.1) is 0 Å².